The Morgan fingerprint density at radius 2 is 1.74 bits per heavy atom. The summed E-state index contributed by atoms with van der Waals surface area (Å²) in [6, 6.07) is 19.6. The first-order chi connectivity index (χ1) is 16.4. The summed E-state index contributed by atoms with van der Waals surface area (Å²) < 4.78 is 10.9. The number of rotatable bonds is 8. The van der Waals surface area contributed by atoms with E-state index in [1.54, 1.807) is 72.7 Å². The van der Waals surface area contributed by atoms with E-state index in [0.29, 0.717) is 40.4 Å². The smallest absolute Gasteiger partial charge is 0.243 e. The Morgan fingerprint density at radius 3 is 2.41 bits per heavy atom. The fourth-order valence-electron chi connectivity index (χ4n) is 3.57. The average Bonchev–Trinajstić information content (AvgIpc) is 3.24. The Labute approximate surface area is 207 Å². The van der Waals surface area contributed by atoms with Gasteiger partial charge in [0.25, 0.3) is 0 Å². The summed E-state index contributed by atoms with van der Waals surface area (Å²) in [5, 5.41) is 1.12. The largest absolute Gasteiger partial charge is 0.497 e. The number of amides is 2. The fourth-order valence-corrected chi connectivity index (χ4v) is 4.03. The van der Waals surface area contributed by atoms with Crippen molar-refractivity contribution in [1.82, 2.24) is 5.43 Å². The molecule has 4 rings (SSSR count). The van der Waals surface area contributed by atoms with E-state index in [1.807, 2.05) is 6.07 Å². The number of nitrogens with zero attached hydrogens (tertiary/aromatic N) is 1. The van der Waals surface area contributed by atoms with Crippen LogP contribution in [0.15, 0.2) is 66.7 Å². The van der Waals surface area contributed by atoms with E-state index in [0.717, 1.165) is 11.3 Å². The van der Waals surface area contributed by atoms with Crippen molar-refractivity contribution >= 4 is 46.4 Å². The van der Waals surface area contributed by atoms with Crippen LogP contribution in [-0.4, -0.2) is 25.5 Å². The predicted molar refractivity (Wildman–Crippen MR) is 132 cm³/mol. The van der Waals surface area contributed by atoms with Crippen LogP contribution in [0, 0.1) is 5.92 Å². The van der Waals surface area contributed by atoms with Gasteiger partial charge in [-0.2, -0.15) is 0 Å². The van der Waals surface area contributed by atoms with Gasteiger partial charge >= 0.3 is 0 Å². The molecule has 0 saturated carbocycles. The highest BCUT2D eigenvalue weighted by atomic mass is 35.5. The van der Waals surface area contributed by atoms with Gasteiger partial charge in [-0.3, -0.25) is 20.4 Å². The lowest BCUT2D eigenvalue weighted by atomic mass is 10.1. The minimum atomic E-state index is -0.450. The van der Waals surface area contributed by atoms with E-state index < -0.39 is 5.92 Å². The molecule has 7 nitrogen and oxygen atoms in total. The van der Waals surface area contributed by atoms with Crippen LogP contribution in [0.25, 0.3) is 0 Å². The van der Waals surface area contributed by atoms with Crippen molar-refractivity contribution in [2.45, 2.75) is 13.0 Å². The summed E-state index contributed by atoms with van der Waals surface area (Å²) in [5.41, 5.74) is 7.82. The Morgan fingerprint density at radius 1 is 1.03 bits per heavy atom. The van der Waals surface area contributed by atoms with Crippen molar-refractivity contribution in [3.05, 3.63) is 82.3 Å². The molecule has 1 aliphatic rings. The second kappa shape index (κ2) is 10.7. The van der Waals surface area contributed by atoms with Crippen molar-refractivity contribution in [3.63, 3.8) is 0 Å². The van der Waals surface area contributed by atoms with Crippen LogP contribution in [0.5, 0.6) is 11.5 Å². The molecule has 34 heavy (non-hydrogen) atoms. The molecule has 3 aromatic rings. The molecule has 0 unspecified atom stereocenters. The number of methoxy groups -OCH3 is 1. The SMILES string of the molecule is COc1ccc(N2C[C@@H](C(=O)NNc3ccc(OCc4ccc(Cl)cc4Cl)cc3)CC2=O)cc1. The maximum Gasteiger partial charge on any atom is 0.243 e. The molecular weight excluding hydrogens is 477 g/mol. The number of halogens is 2. The molecule has 0 bridgehead atoms. The van der Waals surface area contributed by atoms with Gasteiger partial charge in [-0.1, -0.05) is 29.3 Å². The number of carbonyl (C=O) groups excluding carboxylic acids is 2. The third-order valence-corrected chi connectivity index (χ3v) is 6.06. The second-order valence-electron chi connectivity index (χ2n) is 7.77. The van der Waals surface area contributed by atoms with Gasteiger partial charge in [0.1, 0.15) is 18.1 Å². The number of nitrogens with one attached hydrogen (secondary N) is 2. The van der Waals surface area contributed by atoms with Crippen LogP contribution in [0.2, 0.25) is 10.0 Å². The van der Waals surface area contributed by atoms with Gasteiger partial charge in [-0.25, -0.2) is 0 Å². The third kappa shape index (κ3) is 5.73. The van der Waals surface area contributed by atoms with Crippen LogP contribution in [-0.2, 0) is 16.2 Å². The van der Waals surface area contributed by atoms with Gasteiger partial charge in [0, 0.05) is 34.3 Å². The van der Waals surface area contributed by atoms with Gasteiger partial charge in [-0.15, -0.1) is 0 Å². The standard InChI is InChI=1S/C25H23Cl2N3O4/c1-33-21-10-6-20(7-11-21)30-14-17(12-24(30)31)25(32)29-28-19-4-8-22(9-5-19)34-15-16-2-3-18(26)13-23(16)27/h2-11,13,17,28H,12,14-15H2,1H3,(H,29,32)/t17-/m0/s1. The lowest BCUT2D eigenvalue weighted by Gasteiger charge is -2.17. The topological polar surface area (TPSA) is 79.9 Å². The molecule has 3 aromatic carbocycles. The normalized spacial score (nSPS) is 15.2. The first-order valence-electron chi connectivity index (χ1n) is 10.6. The Bertz CT molecular complexity index is 1170. The molecule has 0 spiro atoms. The third-order valence-electron chi connectivity index (χ3n) is 5.47. The number of carbonyl (C=O) groups is 2. The quantitative estimate of drug-likeness (QED) is 0.422. The molecule has 1 heterocycles. The minimum absolute atomic E-state index is 0.0902. The molecule has 0 radical (unpaired) electrons. The van der Waals surface area contributed by atoms with Crippen molar-refractivity contribution in [2.75, 3.05) is 24.0 Å². The molecule has 1 aliphatic heterocycles. The monoisotopic (exact) mass is 499 g/mol. The van der Waals surface area contributed by atoms with Gasteiger partial charge < -0.3 is 14.4 Å². The Balaban J connectivity index is 1.27. The van der Waals surface area contributed by atoms with E-state index in [9.17, 15) is 9.59 Å². The van der Waals surface area contributed by atoms with Gasteiger partial charge in [0.05, 0.1) is 18.7 Å². The molecule has 1 fully saturated rings. The molecular formula is C25H23Cl2N3O4. The van der Waals surface area contributed by atoms with Gasteiger partial charge in [0.2, 0.25) is 11.8 Å². The summed E-state index contributed by atoms with van der Waals surface area (Å²) in [4.78, 5) is 26.6. The van der Waals surface area contributed by atoms with Crippen LogP contribution in [0.3, 0.4) is 0 Å². The van der Waals surface area contributed by atoms with Crippen molar-refractivity contribution in [1.29, 1.82) is 0 Å². The molecule has 0 aromatic heterocycles. The molecule has 2 N–H and O–H groups in total. The zero-order chi connectivity index (χ0) is 24.1. The molecule has 176 valence electrons. The zero-order valence-electron chi connectivity index (χ0n) is 18.4. The maximum absolute atomic E-state index is 12.6. The highest BCUT2D eigenvalue weighted by molar-refractivity contribution is 6.35. The average molecular weight is 500 g/mol. The van der Waals surface area contributed by atoms with E-state index in [-0.39, 0.29) is 18.2 Å². The lowest BCUT2D eigenvalue weighted by molar-refractivity contribution is -0.125. The fraction of sp³-hybridized carbons (Fsp3) is 0.200. The Hall–Kier alpha value is -3.42. The minimum Gasteiger partial charge on any atom is -0.497 e. The first kappa shape index (κ1) is 23.7. The number of benzene rings is 3. The zero-order valence-corrected chi connectivity index (χ0v) is 19.9. The summed E-state index contributed by atoms with van der Waals surface area (Å²) in [6.07, 6.45) is 0.152. The summed E-state index contributed by atoms with van der Waals surface area (Å²) in [5.74, 6) is 0.571. The highest BCUT2D eigenvalue weighted by Crippen LogP contribution is 2.27. The summed E-state index contributed by atoms with van der Waals surface area (Å²) >= 11 is 12.1. The Kier molecular flexibility index (Phi) is 7.45. The molecule has 0 aliphatic carbocycles. The van der Waals surface area contributed by atoms with E-state index in [2.05, 4.69) is 10.9 Å². The lowest BCUT2D eigenvalue weighted by Crippen LogP contribution is -2.36. The number of hydrogen-bond acceptors (Lipinski definition) is 5. The van der Waals surface area contributed by atoms with Crippen LogP contribution in [0.1, 0.15) is 12.0 Å². The number of hydrazine groups is 1. The predicted octanol–water partition coefficient (Wildman–Crippen LogP) is 5.08. The van der Waals surface area contributed by atoms with Crippen LogP contribution in [0.4, 0.5) is 11.4 Å². The summed E-state index contributed by atoms with van der Waals surface area (Å²) in [7, 11) is 1.58. The molecule has 1 saturated heterocycles. The maximum atomic E-state index is 12.6. The van der Waals surface area contributed by atoms with Crippen molar-refractivity contribution in [2.24, 2.45) is 5.92 Å². The van der Waals surface area contributed by atoms with Crippen LogP contribution < -0.4 is 25.2 Å². The molecule has 1 atom stereocenters. The van der Waals surface area contributed by atoms with Crippen molar-refractivity contribution < 1.29 is 19.1 Å². The van der Waals surface area contributed by atoms with Gasteiger partial charge in [0.15, 0.2) is 0 Å². The number of anilines is 2. The summed E-state index contributed by atoms with van der Waals surface area (Å²) in [6.45, 7) is 0.624. The van der Waals surface area contributed by atoms with Gasteiger partial charge in [-0.05, 0) is 60.7 Å². The number of hydrogen-bond donors (Lipinski definition) is 2. The van der Waals surface area contributed by atoms with Crippen molar-refractivity contribution in [3.8, 4) is 11.5 Å². The second-order valence-corrected chi connectivity index (χ2v) is 8.61. The van der Waals surface area contributed by atoms with E-state index in [4.69, 9.17) is 32.7 Å². The number of ether oxygens (including phenoxy) is 2. The first-order valence-corrected chi connectivity index (χ1v) is 11.4. The molecule has 9 heteroatoms. The van der Waals surface area contributed by atoms with E-state index >= 15 is 0 Å². The highest BCUT2D eigenvalue weighted by Gasteiger charge is 2.35. The van der Waals surface area contributed by atoms with Crippen LogP contribution >= 0.6 is 23.2 Å². The van der Waals surface area contributed by atoms with E-state index in [1.165, 1.54) is 0 Å². The molecule has 2 amide bonds.